The molecule has 9 heteroatoms. The summed E-state index contributed by atoms with van der Waals surface area (Å²) >= 11 is 0. The third-order valence-corrected chi connectivity index (χ3v) is 2.64. The number of primary sulfonamides is 1. The number of alkyl halides is 2. The van der Waals surface area contributed by atoms with E-state index in [0.29, 0.717) is 6.07 Å². The Bertz CT molecular complexity index is 543. The molecule has 0 spiro atoms. The minimum absolute atomic E-state index is 0.503. The van der Waals surface area contributed by atoms with Gasteiger partial charge in [-0.1, -0.05) is 0 Å². The molecule has 0 unspecified atom stereocenters. The van der Waals surface area contributed by atoms with E-state index in [-0.39, 0.29) is 0 Å². The highest BCUT2D eigenvalue weighted by Crippen LogP contribution is 2.23. The zero-order chi connectivity index (χ0) is 13.2. The molecule has 1 aromatic carbocycles. The summed E-state index contributed by atoms with van der Waals surface area (Å²) < 4.78 is 49.7. The Balaban J connectivity index is 3.32. The maximum Gasteiger partial charge on any atom is 0.387 e. The Morgan fingerprint density at radius 1 is 1.41 bits per heavy atom. The summed E-state index contributed by atoms with van der Waals surface area (Å²) in [6, 6.07) is 2.32. The molecule has 3 N–H and O–H groups in total. The van der Waals surface area contributed by atoms with Gasteiger partial charge in [-0.2, -0.15) is 8.78 Å². The van der Waals surface area contributed by atoms with Crippen molar-refractivity contribution < 1.29 is 31.8 Å². The van der Waals surface area contributed by atoms with Gasteiger partial charge in [0.1, 0.15) is 11.3 Å². The van der Waals surface area contributed by atoms with Crippen LogP contribution >= 0.6 is 0 Å². The Labute approximate surface area is 94.7 Å². The van der Waals surface area contributed by atoms with Crippen molar-refractivity contribution in [3.05, 3.63) is 23.8 Å². The van der Waals surface area contributed by atoms with E-state index in [4.69, 9.17) is 10.2 Å². The van der Waals surface area contributed by atoms with Gasteiger partial charge in [-0.15, -0.1) is 0 Å². The number of carboxylic acids is 1. The fraction of sp³-hybridized carbons (Fsp3) is 0.125. The summed E-state index contributed by atoms with van der Waals surface area (Å²) in [7, 11) is -4.11. The number of sulfonamides is 1. The fourth-order valence-electron chi connectivity index (χ4n) is 1.05. The Hall–Kier alpha value is -1.74. The van der Waals surface area contributed by atoms with Gasteiger partial charge in [0, 0.05) is 0 Å². The molecule has 0 heterocycles. The lowest BCUT2D eigenvalue weighted by molar-refractivity contribution is -0.0503. The highest BCUT2D eigenvalue weighted by atomic mass is 32.2. The highest BCUT2D eigenvalue weighted by molar-refractivity contribution is 7.89. The molecule has 17 heavy (non-hydrogen) atoms. The van der Waals surface area contributed by atoms with Crippen LogP contribution in [0.4, 0.5) is 8.78 Å². The Kier molecular flexibility index (Phi) is 3.63. The van der Waals surface area contributed by atoms with Gasteiger partial charge in [0.2, 0.25) is 10.0 Å². The van der Waals surface area contributed by atoms with Crippen molar-refractivity contribution in [1.82, 2.24) is 0 Å². The summed E-state index contributed by atoms with van der Waals surface area (Å²) in [6.07, 6.45) is 0. The predicted octanol–water partition coefficient (Wildman–Crippen LogP) is 0.634. The monoisotopic (exact) mass is 267 g/mol. The Morgan fingerprint density at radius 2 is 2.00 bits per heavy atom. The first-order chi connectivity index (χ1) is 7.71. The molecule has 0 aliphatic rings. The summed E-state index contributed by atoms with van der Waals surface area (Å²) in [5.74, 6) is -2.24. The number of nitrogens with two attached hydrogens (primary N) is 1. The number of benzene rings is 1. The van der Waals surface area contributed by atoms with Gasteiger partial charge in [0.05, 0.1) is 4.90 Å². The van der Waals surface area contributed by atoms with Crippen LogP contribution in [0.1, 0.15) is 10.4 Å². The number of carbonyl (C=O) groups is 1. The normalized spacial score (nSPS) is 11.5. The largest absolute Gasteiger partial charge is 0.478 e. The van der Waals surface area contributed by atoms with E-state index < -0.39 is 38.8 Å². The first kappa shape index (κ1) is 13.3. The molecule has 94 valence electrons. The standard InChI is InChI=1S/C8H7F2NO5S/c9-8(10)16-6-2-1-4(17(11,14)15)3-5(6)7(12)13/h1-3,8H,(H,12,13)(H2,11,14,15). The number of hydrogen-bond donors (Lipinski definition) is 2. The molecule has 6 nitrogen and oxygen atoms in total. The lowest BCUT2D eigenvalue weighted by Crippen LogP contribution is -2.14. The zero-order valence-corrected chi connectivity index (χ0v) is 8.95. The van der Waals surface area contributed by atoms with Crippen molar-refractivity contribution in [2.45, 2.75) is 11.5 Å². The topological polar surface area (TPSA) is 107 Å². The second-order valence-electron chi connectivity index (χ2n) is 2.89. The van der Waals surface area contributed by atoms with Crippen LogP contribution in [0.25, 0.3) is 0 Å². The SMILES string of the molecule is NS(=O)(=O)c1ccc(OC(F)F)c(C(=O)O)c1. The van der Waals surface area contributed by atoms with Crippen LogP contribution in [0.15, 0.2) is 23.1 Å². The van der Waals surface area contributed by atoms with Crippen molar-refractivity contribution in [1.29, 1.82) is 0 Å². The number of rotatable bonds is 4. The fourth-order valence-corrected chi connectivity index (χ4v) is 1.59. The zero-order valence-electron chi connectivity index (χ0n) is 8.13. The maximum atomic E-state index is 11.9. The highest BCUT2D eigenvalue weighted by Gasteiger charge is 2.18. The average molecular weight is 267 g/mol. The Morgan fingerprint density at radius 3 is 2.41 bits per heavy atom. The van der Waals surface area contributed by atoms with E-state index in [9.17, 15) is 22.0 Å². The summed E-state index contributed by atoms with van der Waals surface area (Å²) in [5.41, 5.74) is -0.711. The van der Waals surface area contributed by atoms with Crippen LogP contribution in [-0.4, -0.2) is 26.1 Å². The van der Waals surface area contributed by atoms with Crippen molar-refractivity contribution >= 4 is 16.0 Å². The number of aromatic carboxylic acids is 1. The van der Waals surface area contributed by atoms with E-state index in [2.05, 4.69) is 4.74 Å². The smallest absolute Gasteiger partial charge is 0.387 e. The molecular weight excluding hydrogens is 260 g/mol. The van der Waals surface area contributed by atoms with Crippen molar-refractivity contribution in [3.63, 3.8) is 0 Å². The molecule has 1 aromatic rings. The van der Waals surface area contributed by atoms with Crippen LogP contribution < -0.4 is 9.88 Å². The molecule has 0 saturated heterocycles. The van der Waals surface area contributed by atoms with Crippen molar-refractivity contribution in [2.24, 2.45) is 5.14 Å². The molecule has 0 atom stereocenters. The van der Waals surface area contributed by atoms with Crippen molar-refractivity contribution in [2.75, 3.05) is 0 Å². The molecular formula is C8H7F2NO5S. The van der Waals surface area contributed by atoms with Gasteiger partial charge >= 0.3 is 12.6 Å². The first-order valence-electron chi connectivity index (χ1n) is 4.07. The lowest BCUT2D eigenvalue weighted by atomic mass is 10.2. The third-order valence-electron chi connectivity index (χ3n) is 1.73. The molecule has 1 rings (SSSR count). The predicted molar refractivity (Wildman–Crippen MR) is 51.4 cm³/mol. The van der Waals surface area contributed by atoms with Gasteiger partial charge in [-0.05, 0) is 18.2 Å². The molecule has 0 fully saturated rings. The number of carboxylic acid groups (broad SMARTS) is 1. The number of hydrogen-bond acceptors (Lipinski definition) is 4. The molecule has 0 aromatic heterocycles. The number of halogens is 2. The van der Waals surface area contributed by atoms with Gasteiger partial charge < -0.3 is 9.84 Å². The van der Waals surface area contributed by atoms with Crippen LogP contribution in [0.5, 0.6) is 5.75 Å². The summed E-state index contributed by atoms with van der Waals surface area (Å²) in [5, 5.41) is 13.5. The van der Waals surface area contributed by atoms with E-state index in [1.165, 1.54) is 0 Å². The summed E-state index contributed by atoms with van der Waals surface area (Å²) in [4.78, 5) is 10.2. The summed E-state index contributed by atoms with van der Waals surface area (Å²) in [6.45, 7) is -3.21. The molecule has 0 aliphatic carbocycles. The molecule has 0 bridgehead atoms. The van der Waals surface area contributed by atoms with Crippen LogP contribution in [-0.2, 0) is 10.0 Å². The van der Waals surface area contributed by atoms with Gasteiger partial charge in [-0.25, -0.2) is 18.4 Å². The second kappa shape index (κ2) is 4.63. The van der Waals surface area contributed by atoms with Crippen molar-refractivity contribution in [3.8, 4) is 5.75 Å². The third kappa shape index (κ3) is 3.36. The maximum absolute atomic E-state index is 11.9. The molecule has 0 saturated carbocycles. The minimum atomic E-state index is -4.11. The van der Waals surface area contributed by atoms with E-state index in [0.717, 1.165) is 12.1 Å². The van der Waals surface area contributed by atoms with Gasteiger partial charge in [0.25, 0.3) is 0 Å². The van der Waals surface area contributed by atoms with E-state index >= 15 is 0 Å². The van der Waals surface area contributed by atoms with Gasteiger partial charge in [0.15, 0.2) is 0 Å². The number of ether oxygens (including phenoxy) is 1. The van der Waals surface area contributed by atoms with E-state index in [1.54, 1.807) is 0 Å². The van der Waals surface area contributed by atoms with Crippen LogP contribution in [0.2, 0.25) is 0 Å². The minimum Gasteiger partial charge on any atom is -0.478 e. The van der Waals surface area contributed by atoms with Crippen LogP contribution in [0, 0.1) is 0 Å². The molecule has 0 radical (unpaired) electrons. The average Bonchev–Trinajstić information content (AvgIpc) is 2.15. The van der Waals surface area contributed by atoms with Crippen LogP contribution in [0.3, 0.4) is 0 Å². The second-order valence-corrected chi connectivity index (χ2v) is 4.45. The quantitative estimate of drug-likeness (QED) is 0.832. The molecule has 0 amide bonds. The lowest BCUT2D eigenvalue weighted by Gasteiger charge is -2.08. The van der Waals surface area contributed by atoms with E-state index in [1.807, 2.05) is 0 Å². The first-order valence-corrected chi connectivity index (χ1v) is 5.61. The molecule has 0 aliphatic heterocycles. The van der Waals surface area contributed by atoms with Gasteiger partial charge in [-0.3, -0.25) is 0 Å².